The first kappa shape index (κ1) is 23.1. The molecule has 5 rings (SSSR count). The molecule has 2 saturated heterocycles. The summed E-state index contributed by atoms with van der Waals surface area (Å²) in [4.78, 5) is 27.7. The first-order valence-electron chi connectivity index (χ1n) is 11.5. The Morgan fingerprint density at radius 1 is 1.18 bits per heavy atom. The lowest BCUT2D eigenvalue weighted by molar-refractivity contribution is -0.129. The number of thioether (sulfide) groups is 1. The minimum absolute atomic E-state index is 0.0399. The van der Waals surface area contributed by atoms with Gasteiger partial charge in [-0.15, -0.1) is 11.8 Å². The summed E-state index contributed by atoms with van der Waals surface area (Å²) in [6, 6.07) is 13.9. The molecule has 1 aliphatic carbocycles. The Morgan fingerprint density at radius 2 is 1.94 bits per heavy atom. The fourth-order valence-corrected chi connectivity index (χ4v) is 7.62. The highest BCUT2D eigenvalue weighted by atomic mass is 35.5. The topological polar surface area (TPSA) is 49.4 Å². The van der Waals surface area contributed by atoms with Crippen molar-refractivity contribution in [2.75, 3.05) is 18.2 Å². The number of halogens is 2. The number of carbonyl (C=O) groups excluding carboxylic acids is 2. The minimum atomic E-state index is -0.407. The number of hydrogen-bond acceptors (Lipinski definition) is 3. The molecule has 2 aliphatic heterocycles. The highest BCUT2D eigenvalue weighted by Gasteiger charge is 2.57. The number of rotatable bonds is 3. The van der Waals surface area contributed by atoms with Crippen LogP contribution in [0, 0.1) is 11.3 Å². The zero-order valence-corrected chi connectivity index (χ0v) is 21.1. The van der Waals surface area contributed by atoms with Crippen LogP contribution in [-0.4, -0.2) is 40.9 Å². The van der Waals surface area contributed by atoms with Crippen LogP contribution in [0.5, 0.6) is 0 Å². The van der Waals surface area contributed by atoms with Gasteiger partial charge in [0.05, 0.1) is 11.3 Å². The molecule has 5 atom stereocenters. The van der Waals surface area contributed by atoms with Gasteiger partial charge in [0.25, 0.3) is 5.91 Å². The van der Waals surface area contributed by atoms with E-state index in [1.165, 1.54) is 5.56 Å². The summed E-state index contributed by atoms with van der Waals surface area (Å²) < 4.78 is 0. The molecule has 3 fully saturated rings. The summed E-state index contributed by atoms with van der Waals surface area (Å²) in [6.07, 6.45) is 1.67. The highest BCUT2D eigenvalue weighted by Crippen LogP contribution is 2.59. The molecule has 0 radical (unpaired) electrons. The van der Waals surface area contributed by atoms with E-state index < -0.39 is 5.41 Å². The standard InChI is InChI=1S/C26H28Cl2N2O2S/c1-15-23-22(16-3-6-18(27)7-4-16)20(9-10-26(23,2)25(32)29-15)19-8-5-17(13-21(19)28)24(31)30-11-12-33-14-30/h3-8,13,15,20,22-23H,9-12,14H2,1-2H3,(H,29,32)/t15-,20+,22+,23+,26-/m1/s1. The molecule has 0 unspecified atom stereocenters. The summed E-state index contributed by atoms with van der Waals surface area (Å²) >= 11 is 14.8. The first-order valence-corrected chi connectivity index (χ1v) is 13.4. The average Bonchev–Trinajstić information content (AvgIpc) is 3.41. The van der Waals surface area contributed by atoms with Crippen molar-refractivity contribution in [1.29, 1.82) is 0 Å². The molecular formula is C26H28Cl2N2O2S. The molecule has 174 valence electrons. The summed E-state index contributed by atoms with van der Waals surface area (Å²) in [5.74, 6) is 2.31. The molecule has 1 saturated carbocycles. The summed E-state index contributed by atoms with van der Waals surface area (Å²) in [5, 5.41) is 4.53. The number of fused-ring (bicyclic) bond motifs is 1. The van der Waals surface area contributed by atoms with Crippen molar-refractivity contribution in [2.24, 2.45) is 11.3 Å². The van der Waals surface area contributed by atoms with Crippen LogP contribution in [0.3, 0.4) is 0 Å². The average molecular weight is 503 g/mol. The van der Waals surface area contributed by atoms with Gasteiger partial charge in [-0.2, -0.15) is 0 Å². The zero-order valence-electron chi connectivity index (χ0n) is 18.8. The van der Waals surface area contributed by atoms with Crippen molar-refractivity contribution in [3.05, 3.63) is 69.2 Å². The maximum Gasteiger partial charge on any atom is 0.254 e. The molecule has 1 N–H and O–H groups in total. The maximum atomic E-state index is 12.9. The third kappa shape index (κ3) is 3.96. The number of carbonyl (C=O) groups is 2. The van der Waals surface area contributed by atoms with Crippen LogP contribution < -0.4 is 5.32 Å². The fraction of sp³-hybridized carbons (Fsp3) is 0.462. The van der Waals surface area contributed by atoms with Gasteiger partial charge in [-0.25, -0.2) is 0 Å². The smallest absolute Gasteiger partial charge is 0.254 e. The van der Waals surface area contributed by atoms with E-state index in [9.17, 15) is 9.59 Å². The van der Waals surface area contributed by atoms with Crippen molar-refractivity contribution in [3.8, 4) is 0 Å². The van der Waals surface area contributed by atoms with Gasteiger partial charge in [-0.3, -0.25) is 9.59 Å². The van der Waals surface area contributed by atoms with Crippen LogP contribution in [0.15, 0.2) is 42.5 Å². The molecular weight excluding hydrogens is 475 g/mol. The minimum Gasteiger partial charge on any atom is -0.353 e. The van der Waals surface area contributed by atoms with E-state index in [2.05, 4.69) is 31.3 Å². The van der Waals surface area contributed by atoms with Crippen molar-refractivity contribution in [3.63, 3.8) is 0 Å². The molecule has 0 bridgehead atoms. The van der Waals surface area contributed by atoms with Gasteiger partial charge in [0.2, 0.25) is 5.91 Å². The van der Waals surface area contributed by atoms with E-state index in [1.54, 1.807) is 11.8 Å². The third-order valence-corrected chi connectivity index (χ3v) is 9.43. The van der Waals surface area contributed by atoms with E-state index in [1.807, 2.05) is 35.2 Å². The van der Waals surface area contributed by atoms with Gasteiger partial charge in [-0.1, -0.05) is 48.3 Å². The molecule has 0 aromatic heterocycles. The normalized spacial score (nSPS) is 31.4. The second-order valence-electron chi connectivity index (χ2n) is 9.77. The van der Waals surface area contributed by atoms with Gasteiger partial charge in [-0.05, 0) is 67.0 Å². The van der Waals surface area contributed by atoms with E-state index in [0.29, 0.717) is 15.6 Å². The lowest BCUT2D eigenvalue weighted by Gasteiger charge is -2.46. The monoisotopic (exact) mass is 502 g/mol. The summed E-state index contributed by atoms with van der Waals surface area (Å²) in [5.41, 5.74) is 2.46. The van der Waals surface area contributed by atoms with Crippen molar-refractivity contribution >= 4 is 46.8 Å². The Kier molecular flexibility index (Phi) is 6.17. The second kappa shape index (κ2) is 8.83. The van der Waals surface area contributed by atoms with E-state index in [0.717, 1.165) is 36.6 Å². The Labute approximate surface area is 209 Å². The van der Waals surface area contributed by atoms with Crippen molar-refractivity contribution in [1.82, 2.24) is 10.2 Å². The van der Waals surface area contributed by atoms with Gasteiger partial charge in [0.15, 0.2) is 0 Å². The van der Waals surface area contributed by atoms with Crippen LogP contribution in [0.25, 0.3) is 0 Å². The highest BCUT2D eigenvalue weighted by molar-refractivity contribution is 7.99. The number of nitrogens with one attached hydrogen (secondary N) is 1. The summed E-state index contributed by atoms with van der Waals surface area (Å²) in [6.45, 7) is 4.99. The number of benzene rings is 2. The molecule has 3 aliphatic rings. The first-order chi connectivity index (χ1) is 15.8. The van der Waals surface area contributed by atoms with Gasteiger partial charge < -0.3 is 10.2 Å². The zero-order chi connectivity index (χ0) is 23.3. The quantitative estimate of drug-likeness (QED) is 0.564. The molecule has 2 heterocycles. The lowest BCUT2D eigenvalue weighted by atomic mass is 9.56. The Morgan fingerprint density at radius 3 is 2.61 bits per heavy atom. The second-order valence-corrected chi connectivity index (χ2v) is 11.7. The number of hydrogen-bond donors (Lipinski definition) is 1. The van der Waals surface area contributed by atoms with Crippen LogP contribution in [0.4, 0.5) is 0 Å². The Balaban J connectivity index is 1.54. The maximum absolute atomic E-state index is 12.9. The van der Waals surface area contributed by atoms with Gasteiger partial charge >= 0.3 is 0 Å². The van der Waals surface area contributed by atoms with E-state index in [4.69, 9.17) is 23.2 Å². The predicted molar refractivity (Wildman–Crippen MR) is 135 cm³/mol. The van der Waals surface area contributed by atoms with Gasteiger partial charge in [0, 0.05) is 39.9 Å². The summed E-state index contributed by atoms with van der Waals surface area (Å²) in [7, 11) is 0. The van der Waals surface area contributed by atoms with E-state index >= 15 is 0 Å². The largest absolute Gasteiger partial charge is 0.353 e. The number of nitrogens with zero attached hydrogens (tertiary/aromatic N) is 1. The van der Waals surface area contributed by atoms with Crippen molar-refractivity contribution in [2.45, 2.75) is 44.6 Å². The SMILES string of the molecule is C[C@H]1NC(=O)[C@]2(C)CC[C@@H](c3ccc(C(=O)N4CCSC4)cc3Cl)[C@H](c3ccc(Cl)cc3)[C@H]12. The molecule has 2 aromatic carbocycles. The van der Waals surface area contributed by atoms with Crippen LogP contribution in [-0.2, 0) is 4.79 Å². The lowest BCUT2D eigenvalue weighted by Crippen LogP contribution is -2.42. The van der Waals surface area contributed by atoms with Gasteiger partial charge in [0.1, 0.15) is 0 Å². The molecule has 2 aromatic rings. The third-order valence-electron chi connectivity index (χ3n) is 7.89. The van der Waals surface area contributed by atoms with E-state index in [-0.39, 0.29) is 35.6 Å². The van der Waals surface area contributed by atoms with Crippen LogP contribution in [0.1, 0.15) is 60.0 Å². The molecule has 33 heavy (non-hydrogen) atoms. The fourth-order valence-electron chi connectivity index (χ4n) is 6.23. The predicted octanol–water partition coefficient (Wildman–Crippen LogP) is 5.94. The number of amides is 2. The molecule has 7 heteroatoms. The van der Waals surface area contributed by atoms with Crippen LogP contribution in [0.2, 0.25) is 10.0 Å². The Hall–Kier alpha value is -1.69. The molecule has 2 amide bonds. The molecule has 4 nitrogen and oxygen atoms in total. The van der Waals surface area contributed by atoms with Crippen molar-refractivity contribution < 1.29 is 9.59 Å². The Bertz CT molecular complexity index is 1090. The van der Waals surface area contributed by atoms with Crippen LogP contribution >= 0.6 is 35.0 Å². The molecule has 0 spiro atoms.